The molecule has 0 bridgehead atoms. The van der Waals surface area contributed by atoms with Crippen molar-refractivity contribution in [2.45, 2.75) is 26.7 Å². The number of rotatable bonds is 4. The van der Waals surface area contributed by atoms with Crippen molar-refractivity contribution in [3.63, 3.8) is 0 Å². The highest BCUT2D eigenvalue weighted by Gasteiger charge is 2.18. The monoisotopic (exact) mass is 233 g/mol. The summed E-state index contributed by atoms with van der Waals surface area (Å²) in [6.07, 6.45) is 4.51. The van der Waals surface area contributed by atoms with E-state index in [0.717, 1.165) is 18.2 Å². The summed E-state index contributed by atoms with van der Waals surface area (Å²) in [6, 6.07) is 4.31. The lowest BCUT2D eigenvalue weighted by atomic mass is 9.96. The van der Waals surface area contributed by atoms with E-state index in [2.05, 4.69) is 41.2 Å². The van der Waals surface area contributed by atoms with Gasteiger partial charge in [-0.15, -0.1) is 0 Å². The highest BCUT2D eigenvalue weighted by molar-refractivity contribution is 5.46. The average molecular weight is 233 g/mol. The molecule has 3 nitrogen and oxygen atoms in total. The van der Waals surface area contributed by atoms with Crippen LogP contribution in [0.15, 0.2) is 18.3 Å². The van der Waals surface area contributed by atoms with Gasteiger partial charge in [0.05, 0.1) is 0 Å². The zero-order valence-electron chi connectivity index (χ0n) is 10.9. The molecule has 0 radical (unpaired) electrons. The maximum absolute atomic E-state index is 4.25. The maximum Gasteiger partial charge on any atom is 0.0399 e. The van der Waals surface area contributed by atoms with Crippen LogP contribution in [0.4, 0.5) is 5.69 Å². The van der Waals surface area contributed by atoms with Crippen LogP contribution in [0.1, 0.15) is 25.5 Å². The number of hydrogen-bond donors (Lipinski definition) is 1. The molecule has 0 aliphatic carbocycles. The first-order chi connectivity index (χ1) is 8.29. The predicted octanol–water partition coefficient (Wildman–Crippen LogP) is 2.22. The molecule has 1 aromatic rings. The van der Waals surface area contributed by atoms with Gasteiger partial charge in [0.1, 0.15) is 0 Å². The van der Waals surface area contributed by atoms with Crippen LogP contribution in [0.5, 0.6) is 0 Å². The van der Waals surface area contributed by atoms with Gasteiger partial charge in [-0.3, -0.25) is 4.98 Å². The molecular formula is C14H23N3. The zero-order valence-corrected chi connectivity index (χ0v) is 10.9. The molecule has 1 aromatic heterocycles. The number of anilines is 1. The van der Waals surface area contributed by atoms with Crippen LogP contribution < -0.4 is 10.2 Å². The molecule has 0 aromatic carbocycles. The first kappa shape index (κ1) is 12.4. The van der Waals surface area contributed by atoms with Crippen LogP contribution in [0.2, 0.25) is 0 Å². The lowest BCUT2D eigenvalue weighted by molar-refractivity contribution is 0.386. The third-order valence-corrected chi connectivity index (χ3v) is 3.54. The highest BCUT2D eigenvalue weighted by Crippen LogP contribution is 2.22. The van der Waals surface area contributed by atoms with Crippen LogP contribution in [-0.4, -0.2) is 31.2 Å². The Morgan fingerprint density at radius 3 is 2.82 bits per heavy atom. The first-order valence-electron chi connectivity index (χ1n) is 6.68. The van der Waals surface area contributed by atoms with Crippen molar-refractivity contribution in [2.75, 3.05) is 31.1 Å². The third kappa shape index (κ3) is 3.43. The summed E-state index contributed by atoms with van der Waals surface area (Å²) in [5.74, 6) is 0.856. The number of piperidine rings is 1. The third-order valence-electron chi connectivity index (χ3n) is 3.54. The molecule has 3 heteroatoms. The number of aromatic nitrogens is 1. The molecule has 2 rings (SSSR count). The van der Waals surface area contributed by atoms with Gasteiger partial charge >= 0.3 is 0 Å². The molecule has 0 spiro atoms. The van der Waals surface area contributed by atoms with Crippen molar-refractivity contribution in [3.05, 3.63) is 24.0 Å². The number of pyridine rings is 1. The van der Waals surface area contributed by atoms with Crippen LogP contribution in [0.3, 0.4) is 0 Å². The van der Waals surface area contributed by atoms with Crippen molar-refractivity contribution in [3.8, 4) is 0 Å². The Bertz CT molecular complexity index is 343. The fourth-order valence-electron chi connectivity index (χ4n) is 2.47. The smallest absolute Gasteiger partial charge is 0.0399 e. The molecule has 2 heterocycles. The quantitative estimate of drug-likeness (QED) is 0.864. The van der Waals surface area contributed by atoms with Crippen molar-refractivity contribution in [2.24, 2.45) is 5.92 Å². The average Bonchev–Trinajstić information content (AvgIpc) is 2.37. The molecular weight excluding hydrogens is 210 g/mol. The highest BCUT2D eigenvalue weighted by atomic mass is 15.1. The Kier molecular flexibility index (Phi) is 4.37. The Hall–Kier alpha value is -1.09. The summed E-state index contributed by atoms with van der Waals surface area (Å²) in [5, 5.41) is 3.45. The Balaban J connectivity index is 1.86. The fourth-order valence-corrected chi connectivity index (χ4v) is 2.47. The number of nitrogens with zero attached hydrogens (tertiary/aromatic N) is 2. The second kappa shape index (κ2) is 6.01. The molecule has 1 fully saturated rings. The summed E-state index contributed by atoms with van der Waals surface area (Å²) in [5.41, 5.74) is 2.44. The van der Waals surface area contributed by atoms with Gasteiger partial charge in [0.15, 0.2) is 0 Å². The van der Waals surface area contributed by atoms with Crippen molar-refractivity contribution in [1.29, 1.82) is 0 Å². The lowest BCUT2D eigenvalue weighted by Gasteiger charge is -2.33. The van der Waals surface area contributed by atoms with Gasteiger partial charge < -0.3 is 10.2 Å². The lowest BCUT2D eigenvalue weighted by Crippen LogP contribution is -2.37. The van der Waals surface area contributed by atoms with E-state index in [9.17, 15) is 0 Å². The summed E-state index contributed by atoms with van der Waals surface area (Å²) in [4.78, 5) is 6.74. The second-order valence-electron chi connectivity index (χ2n) is 4.89. The van der Waals surface area contributed by atoms with Gasteiger partial charge in [-0.2, -0.15) is 0 Å². The molecule has 1 saturated heterocycles. The van der Waals surface area contributed by atoms with Gasteiger partial charge in [-0.1, -0.05) is 6.92 Å². The summed E-state index contributed by atoms with van der Waals surface area (Å²) >= 11 is 0. The van der Waals surface area contributed by atoms with E-state index in [-0.39, 0.29) is 0 Å². The topological polar surface area (TPSA) is 28.2 Å². The number of hydrogen-bond acceptors (Lipinski definition) is 3. The van der Waals surface area contributed by atoms with Gasteiger partial charge in [-0.05, 0) is 50.9 Å². The van der Waals surface area contributed by atoms with Crippen LogP contribution in [0, 0.1) is 12.8 Å². The standard InChI is InChI=1S/C14H23N3/c1-3-15-11-13-5-8-17(9-6-13)14-4-7-16-12(2)10-14/h4,7,10,13,15H,3,5-6,8-9,11H2,1-2H3. The Labute approximate surface area is 104 Å². The van der Waals surface area contributed by atoms with Crippen LogP contribution in [0.25, 0.3) is 0 Å². The molecule has 0 amide bonds. The molecule has 1 N–H and O–H groups in total. The minimum atomic E-state index is 0.856. The van der Waals surface area contributed by atoms with Crippen LogP contribution in [-0.2, 0) is 0 Å². The minimum Gasteiger partial charge on any atom is -0.371 e. The summed E-state index contributed by atoms with van der Waals surface area (Å²) in [6.45, 7) is 8.86. The van der Waals surface area contributed by atoms with Crippen molar-refractivity contribution in [1.82, 2.24) is 10.3 Å². The number of nitrogens with one attached hydrogen (secondary N) is 1. The van der Waals surface area contributed by atoms with Crippen LogP contribution >= 0.6 is 0 Å². The number of aryl methyl sites for hydroxylation is 1. The van der Waals surface area contributed by atoms with Crippen molar-refractivity contribution < 1.29 is 0 Å². The first-order valence-corrected chi connectivity index (χ1v) is 6.68. The van der Waals surface area contributed by atoms with Gasteiger partial charge in [0.25, 0.3) is 0 Å². The van der Waals surface area contributed by atoms with Gasteiger partial charge in [0, 0.05) is 30.7 Å². The van der Waals surface area contributed by atoms with E-state index in [0.29, 0.717) is 0 Å². The molecule has 17 heavy (non-hydrogen) atoms. The van der Waals surface area contributed by atoms with E-state index in [4.69, 9.17) is 0 Å². The van der Waals surface area contributed by atoms with E-state index >= 15 is 0 Å². The van der Waals surface area contributed by atoms with E-state index in [1.165, 1.54) is 38.2 Å². The molecule has 0 saturated carbocycles. The molecule has 1 aliphatic rings. The van der Waals surface area contributed by atoms with E-state index in [1.807, 2.05) is 6.20 Å². The Morgan fingerprint density at radius 1 is 1.41 bits per heavy atom. The Morgan fingerprint density at radius 2 is 2.18 bits per heavy atom. The van der Waals surface area contributed by atoms with Gasteiger partial charge in [0.2, 0.25) is 0 Å². The zero-order chi connectivity index (χ0) is 12.1. The maximum atomic E-state index is 4.25. The SMILES string of the molecule is CCNCC1CCN(c2ccnc(C)c2)CC1. The van der Waals surface area contributed by atoms with E-state index in [1.54, 1.807) is 0 Å². The normalized spacial score (nSPS) is 17.4. The molecule has 0 unspecified atom stereocenters. The second-order valence-corrected chi connectivity index (χ2v) is 4.89. The largest absolute Gasteiger partial charge is 0.371 e. The molecule has 94 valence electrons. The van der Waals surface area contributed by atoms with E-state index < -0.39 is 0 Å². The van der Waals surface area contributed by atoms with Crippen molar-refractivity contribution >= 4 is 5.69 Å². The minimum absolute atomic E-state index is 0.856. The van der Waals surface area contributed by atoms with Gasteiger partial charge in [-0.25, -0.2) is 0 Å². The summed E-state index contributed by atoms with van der Waals surface area (Å²) < 4.78 is 0. The molecule has 1 aliphatic heterocycles. The summed E-state index contributed by atoms with van der Waals surface area (Å²) in [7, 11) is 0. The molecule has 0 atom stereocenters. The fraction of sp³-hybridized carbons (Fsp3) is 0.643. The predicted molar refractivity (Wildman–Crippen MR) is 72.5 cm³/mol.